The highest BCUT2D eigenvalue weighted by Crippen LogP contribution is 2.28. The van der Waals surface area contributed by atoms with Gasteiger partial charge in [-0.15, -0.1) is 0 Å². The van der Waals surface area contributed by atoms with Crippen LogP contribution in [0.4, 0.5) is 0 Å². The van der Waals surface area contributed by atoms with Crippen LogP contribution < -0.4 is 5.32 Å². The molecule has 0 aliphatic heterocycles. The second kappa shape index (κ2) is 3.49. The molecule has 1 fully saturated rings. The summed E-state index contributed by atoms with van der Waals surface area (Å²) in [5.41, 5.74) is 0. The van der Waals surface area contributed by atoms with Crippen molar-refractivity contribution in [3.63, 3.8) is 0 Å². The Hall–Kier alpha value is -0.530. The topological polar surface area (TPSA) is 29.1 Å². The van der Waals surface area contributed by atoms with Crippen LogP contribution in [0.25, 0.3) is 0 Å². The lowest BCUT2D eigenvalue weighted by atomic mass is 9.83. The van der Waals surface area contributed by atoms with Crippen LogP contribution in [0.15, 0.2) is 0 Å². The van der Waals surface area contributed by atoms with E-state index >= 15 is 0 Å². The number of rotatable bonds is 4. The third-order valence-corrected chi connectivity index (χ3v) is 1.97. The van der Waals surface area contributed by atoms with Gasteiger partial charge in [-0.3, -0.25) is 4.79 Å². The zero-order valence-electron chi connectivity index (χ0n) is 5.52. The molecule has 1 amide bonds. The normalized spacial score (nSPS) is 18.7. The first-order chi connectivity index (χ1) is 4.43. The van der Waals surface area contributed by atoms with Gasteiger partial charge in [0.05, 0.1) is 0 Å². The van der Waals surface area contributed by atoms with Crippen molar-refractivity contribution in [2.24, 2.45) is 5.92 Å². The molecular weight excluding hydrogens is 114 g/mol. The fraction of sp³-hybridized carbons (Fsp3) is 0.857. The lowest BCUT2D eigenvalue weighted by Gasteiger charge is -2.24. The van der Waals surface area contributed by atoms with Crippen molar-refractivity contribution in [1.29, 1.82) is 0 Å². The predicted molar refractivity (Wildman–Crippen MR) is 35.7 cm³/mol. The highest BCUT2D eigenvalue weighted by Gasteiger charge is 2.15. The van der Waals surface area contributed by atoms with Crippen LogP contribution >= 0.6 is 0 Å². The summed E-state index contributed by atoms with van der Waals surface area (Å²) < 4.78 is 0. The molecular formula is C7H12NO. The zero-order valence-corrected chi connectivity index (χ0v) is 5.52. The maximum atomic E-state index is 9.66. The zero-order chi connectivity index (χ0) is 6.53. The Morgan fingerprint density at radius 2 is 2.33 bits per heavy atom. The molecule has 0 heterocycles. The van der Waals surface area contributed by atoms with Crippen molar-refractivity contribution in [3.8, 4) is 0 Å². The second-order valence-electron chi connectivity index (χ2n) is 2.61. The van der Waals surface area contributed by atoms with E-state index in [1.807, 2.05) is 0 Å². The van der Waals surface area contributed by atoms with E-state index in [9.17, 15) is 4.79 Å². The number of nitrogens with one attached hydrogen (secondary N) is 1. The van der Waals surface area contributed by atoms with Gasteiger partial charge in [0.25, 0.3) is 0 Å². The minimum Gasteiger partial charge on any atom is -0.348 e. The highest BCUT2D eigenvalue weighted by atomic mass is 16.1. The molecule has 0 aromatic rings. The molecule has 1 N–H and O–H groups in total. The molecule has 1 aliphatic rings. The molecule has 0 saturated heterocycles. The third-order valence-electron chi connectivity index (χ3n) is 1.97. The van der Waals surface area contributed by atoms with Gasteiger partial charge < -0.3 is 5.32 Å². The Morgan fingerprint density at radius 1 is 1.56 bits per heavy atom. The van der Waals surface area contributed by atoms with Crippen molar-refractivity contribution in [2.75, 3.05) is 6.54 Å². The standard InChI is InChI=1S/C7H12NO/c9-6-8-5-4-7-2-1-3-7/h7H,1-5H2,(H,8,9). The summed E-state index contributed by atoms with van der Waals surface area (Å²) in [5, 5.41) is 2.54. The van der Waals surface area contributed by atoms with Crippen LogP contribution in [-0.4, -0.2) is 13.0 Å². The fourth-order valence-corrected chi connectivity index (χ4v) is 1.11. The summed E-state index contributed by atoms with van der Waals surface area (Å²) in [6, 6.07) is 0. The van der Waals surface area contributed by atoms with Gasteiger partial charge in [-0.25, -0.2) is 0 Å². The SMILES string of the molecule is O=[C]NCCC1CCC1. The molecule has 9 heavy (non-hydrogen) atoms. The molecule has 0 bridgehead atoms. The minimum atomic E-state index is 0.814. The first-order valence-corrected chi connectivity index (χ1v) is 3.53. The third kappa shape index (κ3) is 2.04. The van der Waals surface area contributed by atoms with Gasteiger partial charge in [0, 0.05) is 6.54 Å². The summed E-state index contributed by atoms with van der Waals surface area (Å²) in [5.74, 6) is 0.894. The first-order valence-electron chi connectivity index (χ1n) is 3.53. The van der Waals surface area contributed by atoms with Gasteiger partial charge >= 0.3 is 6.41 Å². The highest BCUT2D eigenvalue weighted by molar-refractivity contribution is 5.46. The Bertz CT molecular complexity index is 88.9. The molecule has 1 aliphatic carbocycles. The number of hydrogen-bond donors (Lipinski definition) is 1. The lowest BCUT2D eigenvalue weighted by molar-refractivity contribution is 0.296. The summed E-state index contributed by atoms with van der Waals surface area (Å²) in [6.07, 6.45) is 6.93. The largest absolute Gasteiger partial charge is 0.348 e. The van der Waals surface area contributed by atoms with Crippen molar-refractivity contribution in [3.05, 3.63) is 0 Å². The molecule has 0 aromatic heterocycles. The van der Waals surface area contributed by atoms with Gasteiger partial charge in [-0.2, -0.15) is 0 Å². The minimum absolute atomic E-state index is 0.814. The molecule has 0 atom stereocenters. The van der Waals surface area contributed by atoms with Gasteiger partial charge in [0.15, 0.2) is 0 Å². The Morgan fingerprint density at radius 3 is 2.78 bits per heavy atom. The molecule has 1 radical (unpaired) electrons. The monoisotopic (exact) mass is 126 g/mol. The van der Waals surface area contributed by atoms with Crippen LogP contribution in [-0.2, 0) is 4.79 Å². The predicted octanol–water partition coefficient (Wildman–Crippen LogP) is 0.833. The number of hydrogen-bond acceptors (Lipinski definition) is 1. The number of carbonyl (C=O) groups excluding carboxylic acids is 1. The average molecular weight is 126 g/mol. The quantitative estimate of drug-likeness (QED) is 0.439. The van der Waals surface area contributed by atoms with Gasteiger partial charge in [-0.05, 0) is 12.3 Å². The van der Waals surface area contributed by atoms with E-state index in [-0.39, 0.29) is 0 Å². The van der Waals surface area contributed by atoms with Crippen LogP contribution in [0.3, 0.4) is 0 Å². The summed E-state index contributed by atoms with van der Waals surface area (Å²) >= 11 is 0. The number of amides is 1. The molecule has 51 valence electrons. The van der Waals surface area contributed by atoms with Crippen LogP contribution in [0.2, 0.25) is 0 Å². The van der Waals surface area contributed by atoms with Crippen LogP contribution in [0, 0.1) is 5.92 Å². The Balaban J connectivity index is 1.85. The molecule has 1 rings (SSSR count). The molecule has 2 nitrogen and oxygen atoms in total. The van der Waals surface area contributed by atoms with Crippen molar-refractivity contribution >= 4 is 6.41 Å². The van der Waals surface area contributed by atoms with E-state index in [4.69, 9.17) is 0 Å². The molecule has 0 spiro atoms. The van der Waals surface area contributed by atoms with Crippen LogP contribution in [0.1, 0.15) is 25.7 Å². The Labute approximate surface area is 55.6 Å². The smallest absolute Gasteiger partial charge is 0.309 e. The maximum absolute atomic E-state index is 9.66. The van der Waals surface area contributed by atoms with E-state index in [1.54, 1.807) is 6.41 Å². The van der Waals surface area contributed by atoms with E-state index in [2.05, 4.69) is 5.32 Å². The van der Waals surface area contributed by atoms with Crippen molar-refractivity contribution < 1.29 is 4.79 Å². The Kier molecular flexibility index (Phi) is 2.55. The fourth-order valence-electron chi connectivity index (χ4n) is 1.11. The maximum Gasteiger partial charge on any atom is 0.309 e. The molecule has 0 unspecified atom stereocenters. The van der Waals surface area contributed by atoms with Gasteiger partial charge in [0.2, 0.25) is 0 Å². The van der Waals surface area contributed by atoms with Gasteiger partial charge in [-0.1, -0.05) is 19.3 Å². The van der Waals surface area contributed by atoms with Gasteiger partial charge in [0.1, 0.15) is 0 Å². The first kappa shape index (κ1) is 6.59. The van der Waals surface area contributed by atoms with Crippen molar-refractivity contribution in [1.82, 2.24) is 5.32 Å². The lowest BCUT2D eigenvalue weighted by Crippen LogP contribution is -2.19. The van der Waals surface area contributed by atoms with Crippen LogP contribution in [0.5, 0.6) is 0 Å². The molecule has 0 aromatic carbocycles. The van der Waals surface area contributed by atoms with Crippen molar-refractivity contribution in [2.45, 2.75) is 25.7 Å². The average Bonchev–Trinajstić information content (AvgIpc) is 1.76. The summed E-state index contributed by atoms with van der Waals surface area (Å²) in [6.45, 7) is 0.814. The molecule has 1 saturated carbocycles. The van der Waals surface area contributed by atoms with E-state index in [1.165, 1.54) is 19.3 Å². The van der Waals surface area contributed by atoms with E-state index < -0.39 is 0 Å². The van der Waals surface area contributed by atoms with E-state index in [0.717, 1.165) is 18.9 Å². The summed E-state index contributed by atoms with van der Waals surface area (Å²) in [7, 11) is 0. The summed E-state index contributed by atoms with van der Waals surface area (Å²) in [4.78, 5) is 9.66. The molecule has 2 heteroatoms. The second-order valence-corrected chi connectivity index (χ2v) is 2.61. The van der Waals surface area contributed by atoms with E-state index in [0.29, 0.717) is 0 Å².